The molecule has 0 bridgehead atoms. The number of carbonyl (C=O) groups is 1. The number of hydrogen-bond acceptors (Lipinski definition) is 4. The number of ether oxygens (including phenoxy) is 1. The van der Waals surface area contributed by atoms with Gasteiger partial charge in [-0.15, -0.1) is 0 Å². The van der Waals surface area contributed by atoms with Crippen molar-refractivity contribution in [3.63, 3.8) is 0 Å². The van der Waals surface area contributed by atoms with Gasteiger partial charge in [0.05, 0.1) is 30.8 Å². The summed E-state index contributed by atoms with van der Waals surface area (Å²) in [4.78, 5) is 11.7. The highest BCUT2D eigenvalue weighted by atomic mass is 16.5. The molecule has 2 heterocycles. The maximum atomic E-state index is 11.7. The summed E-state index contributed by atoms with van der Waals surface area (Å²) >= 11 is 0. The predicted octanol–water partition coefficient (Wildman–Crippen LogP) is 1.71. The Morgan fingerprint density at radius 3 is 3.40 bits per heavy atom. The number of aromatic amines is 1. The third-order valence-corrected chi connectivity index (χ3v) is 3.44. The van der Waals surface area contributed by atoms with E-state index >= 15 is 0 Å². The Morgan fingerprint density at radius 2 is 2.55 bits per heavy atom. The van der Waals surface area contributed by atoms with E-state index in [0.29, 0.717) is 6.54 Å². The van der Waals surface area contributed by atoms with E-state index in [-0.39, 0.29) is 18.6 Å². The number of aryl methyl sites for hydroxylation is 1. The normalized spacial score (nSPS) is 17.7. The van der Waals surface area contributed by atoms with Gasteiger partial charge < -0.3 is 14.5 Å². The molecule has 1 atom stereocenters. The lowest BCUT2D eigenvalue weighted by Gasteiger charge is -2.21. The molecule has 1 amide bonds. The quantitative estimate of drug-likeness (QED) is 0.870. The van der Waals surface area contributed by atoms with Crippen molar-refractivity contribution in [1.29, 1.82) is 0 Å². The van der Waals surface area contributed by atoms with Crippen molar-refractivity contribution < 1.29 is 13.9 Å². The molecule has 3 rings (SSSR count). The zero-order chi connectivity index (χ0) is 13.8. The minimum absolute atomic E-state index is 0.0455. The van der Waals surface area contributed by atoms with E-state index < -0.39 is 0 Å². The van der Waals surface area contributed by atoms with Crippen molar-refractivity contribution in [2.75, 3.05) is 6.61 Å². The second-order valence-electron chi connectivity index (χ2n) is 4.86. The third-order valence-electron chi connectivity index (χ3n) is 3.44. The third kappa shape index (κ3) is 2.91. The van der Waals surface area contributed by atoms with Gasteiger partial charge in [-0.1, -0.05) is 0 Å². The summed E-state index contributed by atoms with van der Waals surface area (Å²) in [5.41, 5.74) is 2.20. The average molecular weight is 275 g/mol. The number of H-pyrrole nitrogens is 1. The number of amides is 1. The first-order valence-electron chi connectivity index (χ1n) is 6.76. The Labute approximate surface area is 116 Å². The van der Waals surface area contributed by atoms with Gasteiger partial charge in [-0.3, -0.25) is 9.89 Å². The van der Waals surface area contributed by atoms with Gasteiger partial charge in [0.15, 0.2) is 0 Å². The maximum absolute atomic E-state index is 11.7. The van der Waals surface area contributed by atoms with Crippen LogP contribution in [0.15, 0.2) is 29.0 Å². The monoisotopic (exact) mass is 275 g/mol. The molecule has 0 unspecified atom stereocenters. The van der Waals surface area contributed by atoms with Crippen molar-refractivity contribution in [2.45, 2.75) is 31.9 Å². The van der Waals surface area contributed by atoms with Gasteiger partial charge in [0.25, 0.3) is 0 Å². The van der Waals surface area contributed by atoms with Crippen LogP contribution in [0.1, 0.15) is 36.0 Å². The van der Waals surface area contributed by atoms with E-state index in [0.717, 1.165) is 30.7 Å². The summed E-state index contributed by atoms with van der Waals surface area (Å²) in [6, 6.07) is 3.61. The van der Waals surface area contributed by atoms with Crippen molar-refractivity contribution >= 4 is 5.91 Å². The highest BCUT2D eigenvalue weighted by molar-refractivity contribution is 5.77. The molecule has 2 N–H and O–H groups in total. The Bertz CT molecular complexity index is 562. The highest BCUT2D eigenvalue weighted by Gasteiger charge is 2.23. The highest BCUT2D eigenvalue weighted by Crippen LogP contribution is 2.30. The van der Waals surface area contributed by atoms with E-state index in [1.807, 2.05) is 12.3 Å². The topological polar surface area (TPSA) is 80.1 Å². The molecule has 0 radical (unpaired) electrons. The standard InChI is InChI=1S/C14H17N3O3/c18-13(15-8-11-4-2-6-19-11)9-20-12-5-1-3-10-7-16-17-14(10)12/h2,4,6-7,12H,1,3,5,8-9H2,(H,15,18)(H,16,17)/t12-/m1/s1. The zero-order valence-electron chi connectivity index (χ0n) is 11.1. The molecule has 6 nitrogen and oxygen atoms in total. The number of rotatable bonds is 5. The largest absolute Gasteiger partial charge is 0.467 e. The molecule has 0 fully saturated rings. The number of fused-ring (bicyclic) bond motifs is 1. The second kappa shape index (κ2) is 5.92. The van der Waals surface area contributed by atoms with Crippen LogP contribution >= 0.6 is 0 Å². The van der Waals surface area contributed by atoms with Gasteiger partial charge in [0.1, 0.15) is 12.4 Å². The van der Waals surface area contributed by atoms with Crippen LogP contribution in [0.4, 0.5) is 0 Å². The molecule has 106 valence electrons. The van der Waals surface area contributed by atoms with Crippen molar-refractivity contribution in [1.82, 2.24) is 15.5 Å². The fraction of sp³-hybridized carbons (Fsp3) is 0.429. The second-order valence-corrected chi connectivity index (χ2v) is 4.86. The number of carbonyl (C=O) groups excluding carboxylic acids is 1. The Hall–Kier alpha value is -2.08. The van der Waals surface area contributed by atoms with Gasteiger partial charge in [0, 0.05) is 0 Å². The summed E-state index contributed by atoms with van der Waals surface area (Å²) in [5, 5.41) is 9.76. The van der Waals surface area contributed by atoms with Crippen molar-refractivity contribution in [2.24, 2.45) is 0 Å². The Morgan fingerprint density at radius 1 is 1.60 bits per heavy atom. The summed E-state index contributed by atoms with van der Waals surface area (Å²) in [5.74, 6) is 0.583. The van der Waals surface area contributed by atoms with Crippen LogP contribution in [-0.4, -0.2) is 22.7 Å². The van der Waals surface area contributed by atoms with Crippen LogP contribution < -0.4 is 5.32 Å². The minimum Gasteiger partial charge on any atom is -0.467 e. The molecule has 1 aliphatic carbocycles. The molecule has 2 aromatic rings. The predicted molar refractivity (Wildman–Crippen MR) is 70.8 cm³/mol. The average Bonchev–Trinajstić information content (AvgIpc) is 3.13. The lowest BCUT2D eigenvalue weighted by atomic mass is 9.96. The van der Waals surface area contributed by atoms with E-state index in [4.69, 9.17) is 9.15 Å². The SMILES string of the molecule is O=C(CO[C@@H]1CCCc2cn[nH]c21)NCc1ccco1. The van der Waals surface area contributed by atoms with Crippen molar-refractivity contribution in [3.05, 3.63) is 41.6 Å². The van der Waals surface area contributed by atoms with Crippen LogP contribution in [0.5, 0.6) is 0 Å². The van der Waals surface area contributed by atoms with E-state index in [9.17, 15) is 4.79 Å². The van der Waals surface area contributed by atoms with E-state index in [1.54, 1.807) is 12.3 Å². The molecular formula is C14H17N3O3. The van der Waals surface area contributed by atoms with Gasteiger partial charge in [0.2, 0.25) is 5.91 Å². The molecule has 2 aromatic heterocycles. The summed E-state index contributed by atoms with van der Waals surface area (Å²) in [7, 11) is 0. The maximum Gasteiger partial charge on any atom is 0.246 e. The lowest BCUT2D eigenvalue weighted by molar-refractivity contribution is -0.128. The Balaban J connectivity index is 1.47. The van der Waals surface area contributed by atoms with Crippen LogP contribution in [0.25, 0.3) is 0 Å². The first kappa shape index (κ1) is 12.9. The van der Waals surface area contributed by atoms with Gasteiger partial charge in [-0.2, -0.15) is 5.10 Å². The molecule has 0 spiro atoms. The first-order valence-corrected chi connectivity index (χ1v) is 6.76. The molecule has 0 saturated carbocycles. The van der Waals surface area contributed by atoms with Gasteiger partial charge >= 0.3 is 0 Å². The van der Waals surface area contributed by atoms with Crippen LogP contribution in [-0.2, 0) is 22.5 Å². The van der Waals surface area contributed by atoms with E-state index in [1.165, 1.54) is 5.56 Å². The summed E-state index contributed by atoms with van der Waals surface area (Å²) in [6.07, 6.45) is 6.36. The summed E-state index contributed by atoms with van der Waals surface area (Å²) in [6.45, 7) is 0.430. The molecule has 20 heavy (non-hydrogen) atoms. The number of furan rings is 1. The van der Waals surface area contributed by atoms with Crippen molar-refractivity contribution in [3.8, 4) is 0 Å². The van der Waals surface area contributed by atoms with Crippen LogP contribution in [0.3, 0.4) is 0 Å². The van der Waals surface area contributed by atoms with Crippen LogP contribution in [0.2, 0.25) is 0 Å². The number of nitrogens with one attached hydrogen (secondary N) is 2. The number of aromatic nitrogens is 2. The molecule has 1 aliphatic rings. The number of nitrogens with zero attached hydrogens (tertiary/aromatic N) is 1. The molecule has 0 saturated heterocycles. The first-order chi connectivity index (χ1) is 9.83. The lowest BCUT2D eigenvalue weighted by Crippen LogP contribution is -2.28. The molecule has 6 heteroatoms. The fourth-order valence-electron chi connectivity index (χ4n) is 2.41. The summed E-state index contributed by atoms with van der Waals surface area (Å²) < 4.78 is 10.8. The van der Waals surface area contributed by atoms with Gasteiger partial charge in [-0.25, -0.2) is 0 Å². The Kier molecular flexibility index (Phi) is 3.83. The molecule has 0 aromatic carbocycles. The number of hydrogen-bond donors (Lipinski definition) is 2. The fourth-order valence-corrected chi connectivity index (χ4v) is 2.41. The smallest absolute Gasteiger partial charge is 0.246 e. The molecule has 0 aliphatic heterocycles. The van der Waals surface area contributed by atoms with Gasteiger partial charge in [-0.05, 0) is 37.0 Å². The van der Waals surface area contributed by atoms with Crippen LogP contribution in [0, 0.1) is 0 Å². The molecular weight excluding hydrogens is 258 g/mol. The zero-order valence-corrected chi connectivity index (χ0v) is 11.1. The minimum atomic E-state index is -0.145. The van der Waals surface area contributed by atoms with E-state index in [2.05, 4.69) is 15.5 Å².